The zero-order valence-electron chi connectivity index (χ0n) is 23.7. The molecule has 12 heteroatoms. The highest BCUT2D eigenvalue weighted by Gasteiger charge is 2.30. The Kier molecular flexibility index (Phi) is 8.91. The summed E-state index contributed by atoms with van der Waals surface area (Å²) in [6, 6.07) is 16.4. The van der Waals surface area contributed by atoms with Gasteiger partial charge in [-0.1, -0.05) is 23.7 Å². The zero-order chi connectivity index (χ0) is 30.5. The number of aryl methyl sites for hydroxylation is 1. The molecule has 0 spiro atoms. The fraction of sp³-hybridized carbons (Fsp3) is 0.258. The second-order valence-corrected chi connectivity index (χ2v) is 10.4. The number of phenolic OH excluding ortho intramolecular Hbond substituents is 2. The van der Waals surface area contributed by atoms with Crippen molar-refractivity contribution < 1.29 is 24.5 Å². The molecule has 0 radical (unpaired) electrons. The van der Waals surface area contributed by atoms with E-state index >= 15 is 0 Å². The van der Waals surface area contributed by atoms with Crippen LogP contribution < -0.4 is 15.4 Å². The lowest BCUT2D eigenvalue weighted by molar-refractivity contribution is -0.121. The van der Waals surface area contributed by atoms with Crippen molar-refractivity contribution >= 4 is 29.1 Å². The number of ether oxygens (including phenoxy) is 1. The van der Waals surface area contributed by atoms with E-state index < -0.39 is 6.04 Å². The summed E-state index contributed by atoms with van der Waals surface area (Å²) in [6.45, 7) is 4.90. The molecule has 3 aromatic carbocycles. The van der Waals surface area contributed by atoms with Crippen molar-refractivity contribution in [2.24, 2.45) is 4.99 Å². The Labute approximate surface area is 253 Å². The van der Waals surface area contributed by atoms with Gasteiger partial charge in [-0.15, -0.1) is 10.2 Å². The van der Waals surface area contributed by atoms with Gasteiger partial charge in [-0.3, -0.25) is 19.1 Å². The highest BCUT2D eigenvalue weighted by molar-refractivity contribution is 6.30. The average molecular weight is 603 g/mol. The number of fused-ring (bicyclic) bond motifs is 3. The number of benzene rings is 3. The number of halogens is 1. The monoisotopic (exact) mass is 602 g/mol. The molecule has 4 aromatic rings. The average Bonchev–Trinajstić information content (AvgIpc) is 3.31. The Morgan fingerprint density at radius 3 is 2.53 bits per heavy atom. The fourth-order valence-corrected chi connectivity index (χ4v) is 4.94. The van der Waals surface area contributed by atoms with Crippen LogP contribution in [0.4, 0.5) is 0 Å². The Morgan fingerprint density at radius 1 is 1.00 bits per heavy atom. The fourth-order valence-electron chi connectivity index (χ4n) is 4.82. The van der Waals surface area contributed by atoms with E-state index in [2.05, 4.69) is 20.8 Å². The van der Waals surface area contributed by atoms with Crippen LogP contribution in [0.25, 0.3) is 5.69 Å². The molecule has 0 saturated heterocycles. The normalized spacial score (nSPS) is 13.7. The third-order valence-corrected chi connectivity index (χ3v) is 7.13. The number of carbonyl (C=O) groups is 2. The van der Waals surface area contributed by atoms with Crippen LogP contribution in [0.15, 0.2) is 65.7 Å². The largest absolute Gasteiger partial charge is 0.504 e. The summed E-state index contributed by atoms with van der Waals surface area (Å²) in [5.74, 6) is 0.684. The van der Waals surface area contributed by atoms with Gasteiger partial charge >= 0.3 is 0 Å². The molecule has 1 aliphatic rings. The van der Waals surface area contributed by atoms with E-state index in [1.807, 2.05) is 48.7 Å². The number of rotatable bonds is 10. The lowest BCUT2D eigenvalue weighted by atomic mass is 10.00. The molecule has 0 aliphatic carbocycles. The van der Waals surface area contributed by atoms with Gasteiger partial charge in [0.2, 0.25) is 5.91 Å². The van der Waals surface area contributed by atoms with Crippen LogP contribution in [0.3, 0.4) is 0 Å². The number of carbonyl (C=O) groups excluding carboxylic acids is 2. The summed E-state index contributed by atoms with van der Waals surface area (Å²) >= 11 is 6.18. The number of nitrogens with zero attached hydrogens (tertiary/aromatic N) is 4. The van der Waals surface area contributed by atoms with Crippen molar-refractivity contribution in [1.29, 1.82) is 0 Å². The first-order valence-electron chi connectivity index (χ1n) is 13.8. The van der Waals surface area contributed by atoms with Gasteiger partial charge in [0.05, 0.1) is 24.4 Å². The minimum absolute atomic E-state index is 0.107. The summed E-state index contributed by atoms with van der Waals surface area (Å²) in [5.41, 5.74) is 3.32. The first kappa shape index (κ1) is 29.6. The van der Waals surface area contributed by atoms with E-state index in [1.165, 1.54) is 18.2 Å². The Balaban J connectivity index is 1.38. The van der Waals surface area contributed by atoms with E-state index in [0.717, 1.165) is 16.8 Å². The smallest absolute Gasteiger partial charge is 0.251 e. The van der Waals surface area contributed by atoms with Crippen molar-refractivity contribution in [3.63, 3.8) is 0 Å². The summed E-state index contributed by atoms with van der Waals surface area (Å²) < 4.78 is 7.98. The number of aliphatic imine (C=N–C) groups is 1. The third kappa shape index (κ3) is 6.62. The van der Waals surface area contributed by atoms with E-state index in [0.29, 0.717) is 54.2 Å². The maximum Gasteiger partial charge on any atom is 0.251 e. The number of hydrogen-bond donors (Lipinski definition) is 4. The van der Waals surface area contributed by atoms with Crippen LogP contribution in [0.5, 0.6) is 17.2 Å². The minimum Gasteiger partial charge on any atom is -0.504 e. The highest BCUT2D eigenvalue weighted by atomic mass is 35.5. The number of amides is 2. The predicted octanol–water partition coefficient (Wildman–Crippen LogP) is 4.26. The van der Waals surface area contributed by atoms with E-state index in [1.54, 1.807) is 12.1 Å². The SMILES string of the molecule is CCNC(=O)CC1N=C(c2ccc(Cl)cc2)c2cc(OCCCNC(=O)c3ccc(O)c(O)c3)ccc2-n2c(C)nnc21. The molecule has 43 heavy (non-hydrogen) atoms. The van der Waals surface area contributed by atoms with Gasteiger partial charge in [-0.25, -0.2) is 0 Å². The highest BCUT2D eigenvalue weighted by Crippen LogP contribution is 2.34. The molecule has 4 N–H and O–H groups in total. The van der Waals surface area contributed by atoms with Gasteiger partial charge in [0.15, 0.2) is 17.3 Å². The van der Waals surface area contributed by atoms with Crippen molar-refractivity contribution in [3.05, 3.63) is 94.0 Å². The lowest BCUT2D eigenvalue weighted by Crippen LogP contribution is -2.25. The Bertz CT molecular complexity index is 1680. The first-order chi connectivity index (χ1) is 20.7. The summed E-state index contributed by atoms with van der Waals surface area (Å²) in [6.07, 6.45) is 0.629. The van der Waals surface area contributed by atoms with E-state index in [-0.39, 0.29) is 35.3 Å². The first-order valence-corrected chi connectivity index (χ1v) is 14.2. The van der Waals surface area contributed by atoms with Crippen molar-refractivity contribution in [3.8, 4) is 22.9 Å². The molecular formula is C31H31ClN6O5. The molecule has 11 nitrogen and oxygen atoms in total. The molecule has 2 heterocycles. The number of nitrogens with one attached hydrogen (secondary N) is 2. The Morgan fingerprint density at radius 2 is 1.79 bits per heavy atom. The maximum absolute atomic E-state index is 12.7. The minimum atomic E-state index is -0.575. The van der Waals surface area contributed by atoms with Crippen LogP contribution in [0, 0.1) is 6.92 Å². The van der Waals surface area contributed by atoms with Crippen molar-refractivity contribution in [1.82, 2.24) is 25.4 Å². The van der Waals surface area contributed by atoms with Crippen LogP contribution >= 0.6 is 11.6 Å². The third-order valence-electron chi connectivity index (χ3n) is 6.88. The van der Waals surface area contributed by atoms with E-state index in [9.17, 15) is 19.8 Å². The van der Waals surface area contributed by atoms with Gasteiger partial charge in [0.1, 0.15) is 17.6 Å². The molecule has 0 bridgehead atoms. The maximum atomic E-state index is 12.7. The molecule has 1 unspecified atom stereocenters. The van der Waals surface area contributed by atoms with Gasteiger partial charge in [0, 0.05) is 34.8 Å². The molecule has 5 rings (SSSR count). The van der Waals surface area contributed by atoms with Crippen molar-refractivity contribution in [2.45, 2.75) is 32.7 Å². The predicted molar refractivity (Wildman–Crippen MR) is 161 cm³/mol. The van der Waals surface area contributed by atoms with Gasteiger partial charge in [-0.2, -0.15) is 0 Å². The lowest BCUT2D eigenvalue weighted by Gasteiger charge is -2.15. The number of aromatic nitrogens is 3. The summed E-state index contributed by atoms with van der Waals surface area (Å²) in [7, 11) is 0. The van der Waals surface area contributed by atoms with Crippen molar-refractivity contribution in [2.75, 3.05) is 19.7 Å². The number of hydrogen-bond acceptors (Lipinski definition) is 8. The quantitative estimate of drug-likeness (QED) is 0.156. The standard InChI is InChI=1S/C31H31ClN6O5/c1-3-33-28(41)17-24-30-37-36-18(2)38(30)25-11-10-22(16-23(25)29(35-24)19-5-8-21(32)9-6-19)43-14-4-13-34-31(42)20-7-12-26(39)27(40)15-20/h5-12,15-16,24,39-40H,3-4,13-14,17H2,1-2H3,(H,33,41)(H,34,42). The van der Waals surface area contributed by atoms with Gasteiger partial charge in [-0.05, 0) is 68.8 Å². The molecule has 1 aliphatic heterocycles. The van der Waals surface area contributed by atoms with E-state index in [4.69, 9.17) is 21.3 Å². The molecule has 2 amide bonds. The van der Waals surface area contributed by atoms with Crippen LogP contribution in [-0.4, -0.2) is 62.2 Å². The molecule has 222 valence electrons. The van der Waals surface area contributed by atoms with Crippen LogP contribution in [0.2, 0.25) is 5.02 Å². The molecule has 1 atom stereocenters. The van der Waals surface area contributed by atoms with Gasteiger partial charge in [0.25, 0.3) is 5.91 Å². The second-order valence-electron chi connectivity index (χ2n) is 9.94. The van der Waals surface area contributed by atoms with Crippen LogP contribution in [0.1, 0.15) is 58.9 Å². The Hall–Kier alpha value is -4.90. The summed E-state index contributed by atoms with van der Waals surface area (Å²) in [5, 5.41) is 34.0. The molecule has 0 fully saturated rings. The van der Waals surface area contributed by atoms with Gasteiger partial charge < -0.3 is 25.6 Å². The second kappa shape index (κ2) is 13.0. The molecule has 1 aromatic heterocycles. The number of phenols is 2. The summed E-state index contributed by atoms with van der Waals surface area (Å²) in [4.78, 5) is 30.1. The molecule has 0 saturated carbocycles. The number of aromatic hydroxyl groups is 2. The zero-order valence-corrected chi connectivity index (χ0v) is 24.4. The topological polar surface area (TPSA) is 151 Å². The van der Waals surface area contributed by atoms with Crippen LogP contribution in [-0.2, 0) is 4.79 Å². The molecular weight excluding hydrogens is 572 g/mol.